The van der Waals surface area contributed by atoms with Crippen molar-refractivity contribution in [2.75, 3.05) is 24.3 Å². The van der Waals surface area contributed by atoms with E-state index in [9.17, 15) is 4.79 Å². The molecule has 2 aromatic rings. The Bertz CT molecular complexity index is 624. The van der Waals surface area contributed by atoms with E-state index in [4.69, 9.17) is 5.73 Å². The number of thiophene rings is 1. The van der Waals surface area contributed by atoms with Crippen LogP contribution in [-0.2, 0) is 0 Å². The van der Waals surface area contributed by atoms with Crippen LogP contribution in [0, 0.1) is 12.8 Å². The molecule has 2 heterocycles. The lowest BCUT2D eigenvalue weighted by Crippen LogP contribution is -2.28. The van der Waals surface area contributed by atoms with Crippen LogP contribution in [-0.4, -0.2) is 29.4 Å². The second kappa shape index (κ2) is 6.45. The van der Waals surface area contributed by atoms with Gasteiger partial charge in [0.15, 0.2) is 0 Å². The highest BCUT2D eigenvalue weighted by Gasteiger charge is 2.17. The van der Waals surface area contributed by atoms with Crippen LogP contribution in [0.4, 0.5) is 5.69 Å². The Morgan fingerprint density at radius 1 is 1.55 bits per heavy atom. The Balaban J connectivity index is 2.16. The summed E-state index contributed by atoms with van der Waals surface area (Å²) in [5.41, 5.74) is 7.53. The Kier molecular flexibility index (Phi) is 4.88. The molecule has 0 saturated heterocycles. The summed E-state index contributed by atoms with van der Waals surface area (Å²) in [4.78, 5) is 18.0. The second-order valence-electron chi connectivity index (χ2n) is 4.92. The van der Waals surface area contributed by atoms with Crippen molar-refractivity contribution in [1.29, 1.82) is 0 Å². The number of nitrogens with two attached hydrogens (primary N) is 1. The van der Waals surface area contributed by atoms with Crippen molar-refractivity contribution in [1.82, 2.24) is 10.3 Å². The van der Waals surface area contributed by atoms with Gasteiger partial charge in [-0.1, -0.05) is 6.92 Å². The number of amides is 1. The van der Waals surface area contributed by atoms with Crippen LogP contribution in [0.15, 0.2) is 12.1 Å². The maximum atomic E-state index is 12.2. The first-order chi connectivity index (χ1) is 9.52. The monoisotopic (exact) mass is 309 g/mol. The largest absolute Gasteiger partial charge is 0.397 e. The van der Waals surface area contributed by atoms with Gasteiger partial charge in [-0.3, -0.25) is 4.79 Å². The van der Waals surface area contributed by atoms with Gasteiger partial charge in [0.1, 0.15) is 9.71 Å². The van der Waals surface area contributed by atoms with Crippen LogP contribution in [0.1, 0.15) is 22.3 Å². The number of anilines is 1. The topological polar surface area (TPSA) is 68.0 Å². The average Bonchev–Trinajstić information content (AvgIpc) is 2.73. The first-order valence-corrected chi connectivity index (χ1v) is 8.66. The van der Waals surface area contributed by atoms with E-state index in [1.807, 2.05) is 19.1 Å². The van der Waals surface area contributed by atoms with E-state index < -0.39 is 0 Å². The molecule has 2 rings (SSSR count). The van der Waals surface area contributed by atoms with Crippen LogP contribution >= 0.6 is 23.1 Å². The summed E-state index contributed by atoms with van der Waals surface area (Å²) in [6.07, 6.45) is 2.07. The fourth-order valence-electron chi connectivity index (χ4n) is 1.95. The number of carbonyl (C=O) groups excluding carboxylic acids is 1. The highest BCUT2D eigenvalue weighted by molar-refractivity contribution is 7.98. The Morgan fingerprint density at radius 3 is 3.00 bits per heavy atom. The third kappa shape index (κ3) is 3.24. The third-order valence-corrected chi connectivity index (χ3v) is 5.02. The van der Waals surface area contributed by atoms with Gasteiger partial charge in [-0.25, -0.2) is 4.98 Å². The fourth-order valence-corrected chi connectivity index (χ4v) is 3.69. The molecule has 0 bridgehead atoms. The van der Waals surface area contributed by atoms with Crippen LogP contribution in [0.5, 0.6) is 0 Å². The SMILES string of the molecule is CSCC(C)CNC(=O)c1sc2nc(C)ccc2c1N. The lowest BCUT2D eigenvalue weighted by atomic mass is 10.2. The normalized spacial score (nSPS) is 12.6. The average molecular weight is 309 g/mol. The summed E-state index contributed by atoms with van der Waals surface area (Å²) in [5.74, 6) is 1.38. The van der Waals surface area contributed by atoms with E-state index in [1.165, 1.54) is 11.3 Å². The summed E-state index contributed by atoms with van der Waals surface area (Å²) in [6.45, 7) is 4.72. The molecule has 1 atom stereocenters. The second-order valence-corrected chi connectivity index (χ2v) is 6.83. The number of hydrogen-bond donors (Lipinski definition) is 2. The highest BCUT2D eigenvalue weighted by atomic mass is 32.2. The molecule has 2 aromatic heterocycles. The molecule has 1 unspecified atom stereocenters. The number of aryl methyl sites for hydroxylation is 1. The molecule has 0 spiro atoms. The lowest BCUT2D eigenvalue weighted by Gasteiger charge is -2.10. The van der Waals surface area contributed by atoms with Crippen LogP contribution in [0.3, 0.4) is 0 Å². The van der Waals surface area contributed by atoms with E-state index in [0.717, 1.165) is 21.7 Å². The summed E-state index contributed by atoms with van der Waals surface area (Å²) in [6, 6.07) is 3.84. The summed E-state index contributed by atoms with van der Waals surface area (Å²) in [7, 11) is 0. The van der Waals surface area contributed by atoms with E-state index in [0.29, 0.717) is 23.0 Å². The molecule has 0 aliphatic rings. The molecule has 0 radical (unpaired) electrons. The number of nitrogens with zero attached hydrogens (tertiary/aromatic N) is 1. The van der Waals surface area contributed by atoms with Crippen molar-refractivity contribution >= 4 is 44.9 Å². The predicted molar refractivity (Wildman–Crippen MR) is 88.6 cm³/mol. The van der Waals surface area contributed by atoms with Crippen molar-refractivity contribution < 1.29 is 4.79 Å². The van der Waals surface area contributed by atoms with Crippen LogP contribution in [0.25, 0.3) is 10.2 Å². The number of pyridine rings is 1. The predicted octanol–water partition coefficient (Wildman–Crippen LogP) is 2.92. The number of rotatable bonds is 5. The van der Waals surface area contributed by atoms with Gasteiger partial charge in [0.2, 0.25) is 0 Å². The van der Waals surface area contributed by atoms with E-state index in [2.05, 4.69) is 23.5 Å². The number of nitrogens with one attached hydrogen (secondary N) is 1. The minimum Gasteiger partial charge on any atom is -0.397 e. The van der Waals surface area contributed by atoms with E-state index >= 15 is 0 Å². The zero-order chi connectivity index (χ0) is 14.7. The van der Waals surface area contributed by atoms with Gasteiger partial charge in [-0.05, 0) is 37.0 Å². The first-order valence-electron chi connectivity index (χ1n) is 6.45. The zero-order valence-corrected chi connectivity index (χ0v) is 13.5. The molecule has 0 aromatic carbocycles. The fraction of sp³-hybridized carbons (Fsp3) is 0.429. The number of nitrogen functional groups attached to an aromatic ring is 1. The number of carbonyl (C=O) groups is 1. The molecule has 3 N–H and O–H groups in total. The first kappa shape index (κ1) is 15.1. The highest BCUT2D eigenvalue weighted by Crippen LogP contribution is 2.32. The molecule has 1 amide bonds. The van der Waals surface area contributed by atoms with Crippen LogP contribution < -0.4 is 11.1 Å². The number of hydrogen-bond acceptors (Lipinski definition) is 5. The molecular formula is C14H19N3OS2. The molecule has 0 saturated carbocycles. The van der Waals surface area contributed by atoms with Gasteiger partial charge in [-0.15, -0.1) is 11.3 Å². The van der Waals surface area contributed by atoms with Crippen molar-refractivity contribution in [3.05, 3.63) is 22.7 Å². The standard InChI is InChI=1S/C14H19N3OS2/c1-8(7-19-3)6-16-13(18)12-11(15)10-5-4-9(2)17-14(10)20-12/h4-5,8H,6-7,15H2,1-3H3,(H,16,18). The molecule has 0 fully saturated rings. The smallest absolute Gasteiger partial charge is 0.263 e. The molecule has 0 aliphatic carbocycles. The molecule has 108 valence electrons. The summed E-state index contributed by atoms with van der Waals surface area (Å²) >= 11 is 3.14. The van der Waals surface area contributed by atoms with Crippen molar-refractivity contribution in [3.8, 4) is 0 Å². The third-order valence-electron chi connectivity index (χ3n) is 3.00. The Labute approximate surface area is 127 Å². The van der Waals surface area contributed by atoms with Gasteiger partial charge in [-0.2, -0.15) is 11.8 Å². The van der Waals surface area contributed by atoms with E-state index in [-0.39, 0.29) is 5.91 Å². The van der Waals surface area contributed by atoms with Gasteiger partial charge in [0.25, 0.3) is 5.91 Å². The van der Waals surface area contributed by atoms with Gasteiger partial charge in [0, 0.05) is 17.6 Å². The lowest BCUT2D eigenvalue weighted by molar-refractivity contribution is 0.0954. The Morgan fingerprint density at radius 2 is 2.30 bits per heavy atom. The van der Waals surface area contributed by atoms with E-state index in [1.54, 1.807) is 11.8 Å². The minimum atomic E-state index is -0.101. The van der Waals surface area contributed by atoms with Gasteiger partial charge in [0.05, 0.1) is 5.69 Å². The Hall–Kier alpha value is -1.27. The maximum absolute atomic E-state index is 12.2. The summed E-state index contributed by atoms with van der Waals surface area (Å²) < 4.78 is 0. The zero-order valence-electron chi connectivity index (χ0n) is 11.9. The number of thioether (sulfide) groups is 1. The van der Waals surface area contributed by atoms with Gasteiger partial charge >= 0.3 is 0 Å². The summed E-state index contributed by atoms with van der Waals surface area (Å²) in [5, 5.41) is 3.81. The molecule has 20 heavy (non-hydrogen) atoms. The van der Waals surface area contributed by atoms with Crippen molar-refractivity contribution in [2.45, 2.75) is 13.8 Å². The molecule has 4 nitrogen and oxygen atoms in total. The maximum Gasteiger partial charge on any atom is 0.263 e. The molecular weight excluding hydrogens is 290 g/mol. The molecule has 0 aliphatic heterocycles. The minimum absolute atomic E-state index is 0.101. The quantitative estimate of drug-likeness (QED) is 0.891. The van der Waals surface area contributed by atoms with Gasteiger partial charge < -0.3 is 11.1 Å². The molecule has 6 heteroatoms. The van der Waals surface area contributed by atoms with Crippen molar-refractivity contribution in [2.24, 2.45) is 5.92 Å². The number of fused-ring (bicyclic) bond motifs is 1. The van der Waals surface area contributed by atoms with Crippen LogP contribution in [0.2, 0.25) is 0 Å². The number of aromatic nitrogens is 1. The van der Waals surface area contributed by atoms with Crippen molar-refractivity contribution in [3.63, 3.8) is 0 Å².